The van der Waals surface area contributed by atoms with Gasteiger partial charge in [0.15, 0.2) is 0 Å². The zero-order valence-corrected chi connectivity index (χ0v) is 11.9. The summed E-state index contributed by atoms with van der Waals surface area (Å²) < 4.78 is 5.33. The standard InChI is InChI=1S/C15H22N2O2/c1-10-8-12(9-11(2)14(10)19-3)17-15(18)13-6-4-5-7-16-13/h8-9,13,16H,4-7H2,1-3H3,(H,17,18). The Hall–Kier alpha value is -1.55. The van der Waals surface area contributed by atoms with Crippen LogP contribution in [0.1, 0.15) is 30.4 Å². The highest BCUT2D eigenvalue weighted by molar-refractivity contribution is 5.95. The molecule has 19 heavy (non-hydrogen) atoms. The van der Waals surface area contributed by atoms with E-state index in [0.717, 1.165) is 48.4 Å². The van der Waals surface area contributed by atoms with Gasteiger partial charge in [0, 0.05) is 5.69 Å². The molecule has 4 nitrogen and oxygen atoms in total. The molecule has 0 aromatic heterocycles. The molecule has 1 fully saturated rings. The van der Waals surface area contributed by atoms with Crippen LogP contribution in [0, 0.1) is 13.8 Å². The lowest BCUT2D eigenvalue weighted by Crippen LogP contribution is -2.43. The molecule has 2 rings (SSSR count). The lowest BCUT2D eigenvalue weighted by Gasteiger charge is -2.23. The summed E-state index contributed by atoms with van der Waals surface area (Å²) in [4.78, 5) is 12.1. The van der Waals surface area contributed by atoms with Gasteiger partial charge < -0.3 is 15.4 Å². The Balaban J connectivity index is 2.08. The third kappa shape index (κ3) is 3.26. The van der Waals surface area contributed by atoms with Gasteiger partial charge >= 0.3 is 0 Å². The number of methoxy groups -OCH3 is 1. The van der Waals surface area contributed by atoms with Crippen LogP contribution in [0.2, 0.25) is 0 Å². The summed E-state index contributed by atoms with van der Waals surface area (Å²) in [5.74, 6) is 0.942. The predicted octanol–water partition coefficient (Wildman–Crippen LogP) is 2.39. The fourth-order valence-corrected chi connectivity index (χ4v) is 2.65. The van der Waals surface area contributed by atoms with E-state index in [4.69, 9.17) is 4.74 Å². The fraction of sp³-hybridized carbons (Fsp3) is 0.533. The van der Waals surface area contributed by atoms with Gasteiger partial charge in [-0.3, -0.25) is 4.79 Å². The van der Waals surface area contributed by atoms with Crippen LogP contribution in [0.4, 0.5) is 5.69 Å². The molecule has 1 aromatic rings. The number of hydrogen-bond acceptors (Lipinski definition) is 3. The molecule has 0 spiro atoms. The van der Waals surface area contributed by atoms with E-state index in [-0.39, 0.29) is 11.9 Å². The molecule has 0 aliphatic carbocycles. The average Bonchev–Trinajstić information content (AvgIpc) is 2.39. The molecule has 1 atom stereocenters. The Bertz CT molecular complexity index is 442. The summed E-state index contributed by atoms with van der Waals surface area (Å²) in [6.07, 6.45) is 3.19. The quantitative estimate of drug-likeness (QED) is 0.879. The second-order valence-corrected chi connectivity index (χ2v) is 5.14. The molecule has 1 unspecified atom stereocenters. The number of rotatable bonds is 3. The molecule has 0 bridgehead atoms. The normalized spacial score (nSPS) is 19.0. The minimum Gasteiger partial charge on any atom is -0.496 e. The third-order valence-corrected chi connectivity index (χ3v) is 3.56. The van der Waals surface area contributed by atoms with Crippen molar-refractivity contribution in [1.29, 1.82) is 0 Å². The van der Waals surface area contributed by atoms with E-state index in [1.165, 1.54) is 0 Å². The van der Waals surface area contributed by atoms with E-state index in [0.29, 0.717) is 0 Å². The zero-order valence-electron chi connectivity index (χ0n) is 11.9. The number of carbonyl (C=O) groups is 1. The van der Waals surface area contributed by atoms with E-state index in [2.05, 4.69) is 10.6 Å². The molecule has 1 heterocycles. The van der Waals surface area contributed by atoms with Gasteiger partial charge in [-0.05, 0) is 56.5 Å². The third-order valence-electron chi connectivity index (χ3n) is 3.56. The number of carbonyl (C=O) groups excluding carboxylic acids is 1. The lowest BCUT2D eigenvalue weighted by atomic mass is 10.0. The zero-order chi connectivity index (χ0) is 13.8. The summed E-state index contributed by atoms with van der Waals surface area (Å²) in [5, 5.41) is 6.24. The maximum absolute atomic E-state index is 12.1. The van der Waals surface area contributed by atoms with Crippen LogP contribution < -0.4 is 15.4 Å². The monoisotopic (exact) mass is 262 g/mol. The van der Waals surface area contributed by atoms with Crippen molar-refractivity contribution in [2.75, 3.05) is 19.0 Å². The molecule has 1 saturated heterocycles. The molecule has 1 aliphatic rings. The first-order valence-electron chi connectivity index (χ1n) is 6.81. The van der Waals surface area contributed by atoms with E-state index in [1.807, 2.05) is 26.0 Å². The van der Waals surface area contributed by atoms with Crippen LogP contribution >= 0.6 is 0 Å². The number of hydrogen-bond donors (Lipinski definition) is 2. The fourth-order valence-electron chi connectivity index (χ4n) is 2.65. The highest BCUT2D eigenvalue weighted by Gasteiger charge is 2.20. The number of aryl methyl sites for hydroxylation is 2. The van der Waals surface area contributed by atoms with E-state index in [1.54, 1.807) is 7.11 Å². The van der Waals surface area contributed by atoms with Crippen LogP contribution in [0.5, 0.6) is 5.75 Å². The largest absolute Gasteiger partial charge is 0.496 e. The Morgan fingerprint density at radius 1 is 1.32 bits per heavy atom. The summed E-state index contributed by atoms with van der Waals surface area (Å²) in [7, 11) is 1.67. The van der Waals surface area contributed by atoms with Crippen molar-refractivity contribution in [2.24, 2.45) is 0 Å². The van der Waals surface area contributed by atoms with Gasteiger partial charge in [0.2, 0.25) is 5.91 Å². The van der Waals surface area contributed by atoms with Crippen molar-refractivity contribution in [1.82, 2.24) is 5.32 Å². The molecule has 2 N–H and O–H groups in total. The van der Waals surface area contributed by atoms with Gasteiger partial charge in [0.1, 0.15) is 5.75 Å². The molecule has 1 aromatic carbocycles. The number of piperidine rings is 1. The molecule has 1 amide bonds. The first kappa shape index (κ1) is 13.9. The van der Waals surface area contributed by atoms with E-state index in [9.17, 15) is 4.79 Å². The number of benzene rings is 1. The van der Waals surface area contributed by atoms with E-state index < -0.39 is 0 Å². The van der Waals surface area contributed by atoms with Crippen LogP contribution in [0.15, 0.2) is 12.1 Å². The smallest absolute Gasteiger partial charge is 0.241 e. The van der Waals surface area contributed by atoms with E-state index >= 15 is 0 Å². The van der Waals surface area contributed by atoms with Crippen molar-refractivity contribution in [3.63, 3.8) is 0 Å². The predicted molar refractivity (Wildman–Crippen MR) is 76.7 cm³/mol. The van der Waals surface area contributed by atoms with Crippen LogP contribution in [0.3, 0.4) is 0 Å². The SMILES string of the molecule is COc1c(C)cc(NC(=O)C2CCCCN2)cc1C. The highest BCUT2D eigenvalue weighted by Crippen LogP contribution is 2.27. The first-order chi connectivity index (χ1) is 9.11. The minimum absolute atomic E-state index is 0.0588. The Morgan fingerprint density at radius 3 is 2.53 bits per heavy atom. The molecule has 4 heteroatoms. The maximum atomic E-state index is 12.1. The summed E-state index contributed by atoms with van der Waals surface area (Å²) in [5.41, 5.74) is 2.91. The molecule has 0 radical (unpaired) electrons. The average molecular weight is 262 g/mol. The van der Waals surface area contributed by atoms with Crippen LogP contribution in [-0.2, 0) is 4.79 Å². The van der Waals surface area contributed by atoms with Crippen LogP contribution in [-0.4, -0.2) is 25.6 Å². The number of amides is 1. The second-order valence-electron chi connectivity index (χ2n) is 5.14. The Morgan fingerprint density at radius 2 is 2.00 bits per heavy atom. The van der Waals surface area contributed by atoms with Crippen molar-refractivity contribution in [3.05, 3.63) is 23.3 Å². The molecular weight excluding hydrogens is 240 g/mol. The van der Waals surface area contributed by atoms with Crippen molar-refractivity contribution < 1.29 is 9.53 Å². The van der Waals surface area contributed by atoms with Gasteiger partial charge in [-0.2, -0.15) is 0 Å². The minimum atomic E-state index is -0.0588. The number of anilines is 1. The van der Waals surface area contributed by atoms with Crippen molar-refractivity contribution >= 4 is 11.6 Å². The Labute approximate surface area is 114 Å². The lowest BCUT2D eigenvalue weighted by molar-refractivity contribution is -0.118. The molecule has 0 saturated carbocycles. The summed E-state index contributed by atoms with van der Waals surface area (Å²) in [6, 6.07) is 3.84. The number of nitrogens with one attached hydrogen (secondary N) is 2. The molecule has 104 valence electrons. The Kier molecular flexibility index (Phi) is 4.43. The van der Waals surface area contributed by atoms with Gasteiger partial charge in [-0.25, -0.2) is 0 Å². The van der Waals surface area contributed by atoms with Gasteiger partial charge in [0.25, 0.3) is 0 Å². The van der Waals surface area contributed by atoms with Gasteiger partial charge in [-0.1, -0.05) is 6.42 Å². The first-order valence-corrected chi connectivity index (χ1v) is 6.81. The van der Waals surface area contributed by atoms with Gasteiger partial charge in [-0.15, -0.1) is 0 Å². The maximum Gasteiger partial charge on any atom is 0.241 e. The second kappa shape index (κ2) is 6.06. The topological polar surface area (TPSA) is 50.4 Å². The highest BCUT2D eigenvalue weighted by atomic mass is 16.5. The summed E-state index contributed by atoms with van der Waals surface area (Å²) >= 11 is 0. The van der Waals surface area contributed by atoms with Gasteiger partial charge in [0.05, 0.1) is 13.2 Å². The molecular formula is C15H22N2O2. The van der Waals surface area contributed by atoms with Crippen LogP contribution in [0.25, 0.3) is 0 Å². The number of ether oxygens (including phenoxy) is 1. The molecule has 1 aliphatic heterocycles. The van der Waals surface area contributed by atoms with Crippen molar-refractivity contribution in [3.8, 4) is 5.75 Å². The summed E-state index contributed by atoms with van der Waals surface area (Å²) in [6.45, 7) is 4.90. The van der Waals surface area contributed by atoms with Crippen molar-refractivity contribution in [2.45, 2.75) is 39.2 Å².